The number of aliphatic hydroxyl groups is 1. The van der Waals surface area contributed by atoms with Gasteiger partial charge in [0.2, 0.25) is 0 Å². The number of hydrogen-bond donors (Lipinski definition) is 2. The fraction of sp³-hybridized carbons (Fsp3) is 0.591. The van der Waals surface area contributed by atoms with Gasteiger partial charge in [-0.3, -0.25) is 4.79 Å². The van der Waals surface area contributed by atoms with E-state index in [2.05, 4.69) is 6.08 Å². The number of hydrogen-bond acceptors (Lipinski definition) is 4. The zero-order valence-electron chi connectivity index (χ0n) is 15.7. The van der Waals surface area contributed by atoms with Crippen molar-refractivity contribution in [3.63, 3.8) is 0 Å². The van der Waals surface area contributed by atoms with Crippen LogP contribution >= 0.6 is 0 Å². The average Bonchev–Trinajstić information content (AvgIpc) is 3.25. The molecule has 5 nitrogen and oxygen atoms in total. The Morgan fingerprint density at radius 2 is 2.00 bits per heavy atom. The molecule has 0 aliphatic carbocycles. The third-order valence-corrected chi connectivity index (χ3v) is 5.60. The van der Waals surface area contributed by atoms with Gasteiger partial charge in [-0.25, -0.2) is 0 Å². The number of benzene rings is 1. The molecule has 5 heteroatoms. The lowest BCUT2D eigenvalue weighted by Crippen LogP contribution is -2.27. The molecule has 0 radical (unpaired) electrons. The molecule has 2 aliphatic rings. The zero-order chi connectivity index (χ0) is 19.1. The van der Waals surface area contributed by atoms with Crippen molar-refractivity contribution in [1.29, 1.82) is 0 Å². The lowest BCUT2D eigenvalue weighted by atomic mass is 9.77. The number of aliphatic carboxylic acids is 1. The normalized spacial score (nSPS) is 28.0. The molecule has 2 heterocycles. The van der Waals surface area contributed by atoms with Crippen LogP contribution < -0.4 is 0 Å². The molecule has 148 valence electrons. The molecule has 0 aromatic heterocycles. The van der Waals surface area contributed by atoms with E-state index >= 15 is 0 Å². The largest absolute Gasteiger partial charge is 0.481 e. The van der Waals surface area contributed by atoms with Gasteiger partial charge < -0.3 is 19.7 Å². The maximum Gasteiger partial charge on any atom is 0.303 e. The molecule has 2 aliphatic heterocycles. The molecule has 1 aromatic carbocycles. The Labute approximate surface area is 161 Å². The van der Waals surface area contributed by atoms with Crippen LogP contribution in [-0.2, 0) is 20.7 Å². The fourth-order valence-electron chi connectivity index (χ4n) is 4.28. The Balaban J connectivity index is 1.45. The minimum absolute atomic E-state index is 0.155. The van der Waals surface area contributed by atoms with E-state index in [1.54, 1.807) is 0 Å². The SMILES string of the molecule is O=C(O)CCCOCC[C@H]1[C@@H](C=CC(O)Cc2ccccc2)[C@H]2CC[C@@H]1O2. The minimum Gasteiger partial charge on any atom is -0.481 e. The van der Waals surface area contributed by atoms with Crippen LogP contribution in [0.4, 0.5) is 0 Å². The van der Waals surface area contributed by atoms with Crippen molar-refractivity contribution in [2.75, 3.05) is 13.2 Å². The Bertz CT molecular complexity index is 614. The van der Waals surface area contributed by atoms with Crippen LogP contribution in [0.1, 0.15) is 37.7 Å². The lowest BCUT2D eigenvalue weighted by molar-refractivity contribution is -0.137. The van der Waals surface area contributed by atoms with E-state index in [0.29, 0.717) is 44.0 Å². The van der Waals surface area contributed by atoms with Crippen LogP contribution in [-0.4, -0.2) is 47.7 Å². The first kappa shape index (κ1) is 20.1. The molecule has 0 amide bonds. The molecule has 0 spiro atoms. The van der Waals surface area contributed by atoms with Crippen molar-refractivity contribution in [1.82, 2.24) is 0 Å². The minimum atomic E-state index is -0.778. The summed E-state index contributed by atoms with van der Waals surface area (Å²) < 4.78 is 11.7. The number of aliphatic hydroxyl groups excluding tert-OH is 1. The van der Waals surface area contributed by atoms with Gasteiger partial charge in [0.1, 0.15) is 0 Å². The second kappa shape index (κ2) is 10.0. The number of rotatable bonds is 11. The molecule has 0 saturated carbocycles. The van der Waals surface area contributed by atoms with Crippen molar-refractivity contribution < 1.29 is 24.5 Å². The van der Waals surface area contributed by atoms with E-state index < -0.39 is 12.1 Å². The molecule has 1 aromatic rings. The van der Waals surface area contributed by atoms with E-state index in [1.165, 1.54) is 0 Å². The quantitative estimate of drug-likeness (QED) is 0.459. The molecule has 2 fully saturated rings. The summed E-state index contributed by atoms with van der Waals surface area (Å²) in [5.41, 5.74) is 1.13. The molecule has 2 saturated heterocycles. The molecular weight excluding hydrogens is 344 g/mol. The van der Waals surface area contributed by atoms with Gasteiger partial charge in [-0.05, 0) is 37.2 Å². The summed E-state index contributed by atoms with van der Waals surface area (Å²) in [6, 6.07) is 10.0. The second-order valence-corrected chi connectivity index (χ2v) is 7.57. The summed E-state index contributed by atoms with van der Waals surface area (Å²) in [5, 5.41) is 19.0. The van der Waals surface area contributed by atoms with Crippen molar-refractivity contribution in [3.8, 4) is 0 Å². The third kappa shape index (κ3) is 5.89. The van der Waals surface area contributed by atoms with Gasteiger partial charge in [-0.2, -0.15) is 0 Å². The van der Waals surface area contributed by atoms with Gasteiger partial charge in [0.15, 0.2) is 0 Å². The van der Waals surface area contributed by atoms with Gasteiger partial charge in [-0.1, -0.05) is 42.5 Å². The van der Waals surface area contributed by atoms with Crippen LogP contribution in [0.5, 0.6) is 0 Å². The van der Waals surface area contributed by atoms with E-state index in [9.17, 15) is 9.90 Å². The van der Waals surface area contributed by atoms with Crippen LogP contribution in [0.2, 0.25) is 0 Å². The van der Waals surface area contributed by atoms with Crippen molar-refractivity contribution in [2.45, 2.75) is 56.8 Å². The topological polar surface area (TPSA) is 76.0 Å². The maximum absolute atomic E-state index is 10.5. The first-order valence-electron chi connectivity index (χ1n) is 9.99. The molecule has 2 bridgehead atoms. The van der Waals surface area contributed by atoms with Crippen LogP contribution in [0.25, 0.3) is 0 Å². The van der Waals surface area contributed by atoms with Crippen molar-refractivity contribution in [2.24, 2.45) is 11.8 Å². The Hall–Kier alpha value is -1.69. The maximum atomic E-state index is 10.5. The fourth-order valence-corrected chi connectivity index (χ4v) is 4.28. The smallest absolute Gasteiger partial charge is 0.303 e. The highest BCUT2D eigenvalue weighted by atomic mass is 16.5. The van der Waals surface area contributed by atoms with E-state index in [-0.39, 0.29) is 12.5 Å². The summed E-state index contributed by atoms with van der Waals surface area (Å²) in [6.07, 6.45) is 8.56. The van der Waals surface area contributed by atoms with Gasteiger partial charge in [0.05, 0.1) is 18.3 Å². The second-order valence-electron chi connectivity index (χ2n) is 7.57. The first-order chi connectivity index (χ1) is 13.1. The number of ether oxygens (including phenoxy) is 2. The van der Waals surface area contributed by atoms with Crippen LogP contribution in [0.3, 0.4) is 0 Å². The number of carboxylic acids is 1. The number of carbonyl (C=O) groups is 1. The molecule has 1 unspecified atom stereocenters. The standard InChI is InChI=1S/C22H30O5/c23-17(15-16-5-2-1-3-6-16)8-9-18-19(21-11-10-20(18)27-21)12-14-26-13-4-7-22(24)25/h1-3,5-6,8-9,17-21,23H,4,7,10-15H2,(H,24,25)/t17?,18-,19+,20-,21+/m1/s1. The van der Waals surface area contributed by atoms with Gasteiger partial charge in [0.25, 0.3) is 0 Å². The highest BCUT2D eigenvalue weighted by Crippen LogP contribution is 2.45. The Morgan fingerprint density at radius 3 is 2.78 bits per heavy atom. The summed E-state index contributed by atoms with van der Waals surface area (Å²) in [7, 11) is 0. The summed E-state index contributed by atoms with van der Waals surface area (Å²) in [5.74, 6) is -0.0282. The predicted molar refractivity (Wildman–Crippen MR) is 102 cm³/mol. The summed E-state index contributed by atoms with van der Waals surface area (Å²) in [4.78, 5) is 10.5. The molecular formula is C22H30O5. The van der Waals surface area contributed by atoms with Crippen molar-refractivity contribution >= 4 is 5.97 Å². The Kier molecular flexibility index (Phi) is 7.44. The van der Waals surface area contributed by atoms with Gasteiger partial charge >= 0.3 is 5.97 Å². The van der Waals surface area contributed by atoms with E-state index in [4.69, 9.17) is 14.6 Å². The lowest BCUT2D eigenvalue weighted by Gasteiger charge is -2.26. The molecule has 27 heavy (non-hydrogen) atoms. The number of fused-ring (bicyclic) bond motifs is 2. The monoisotopic (exact) mass is 374 g/mol. The highest BCUT2D eigenvalue weighted by molar-refractivity contribution is 5.66. The molecule has 3 rings (SSSR count). The average molecular weight is 374 g/mol. The van der Waals surface area contributed by atoms with Crippen molar-refractivity contribution in [3.05, 3.63) is 48.0 Å². The van der Waals surface area contributed by atoms with Gasteiger partial charge in [0, 0.05) is 32.0 Å². The van der Waals surface area contributed by atoms with E-state index in [0.717, 1.165) is 24.8 Å². The summed E-state index contributed by atoms with van der Waals surface area (Å²) in [6.45, 7) is 1.12. The third-order valence-electron chi connectivity index (χ3n) is 5.60. The highest BCUT2D eigenvalue weighted by Gasteiger charge is 2.47. The Morgan fingerprint density at radius 1 is 1.22 bits per heavy atom. The first-order valence-corrected chi connectivity index (χ1v) is 9.99. The van der Waals surface area contributed by atoms with Gasteiger partial charge in [-0.15, -0.1) is 0 Å². The zero-order valence-corrected chi connectivity index (χ0v) is 15.7. The molecule has 2 N–H and O–H groups in total. The molecule has 5 atom stereocenters. The van der Waals surface area contributed by atoms with Crippen LogP contribution in [0.15, 0.2) is 42.5 Å². The van der Waals surface area contributed by atoms with Crippen LogP contribution in [0, 0.1) is 11.8 Å². The van der Waals surface area contributed by atoms with E-state index in [1.807, 2.05) is 36.4 Å². The predicted octanol–water partition coefficient (Wildman–Crippen LogP) is 3.21. The summed E-state index contributed by atoms with van der Waals surface area (Å²) >= 11 is 0. The number of carboxylic acid groups (broad SMARTS) is 1.